The van der Waals surface area contributed by atoms with Crippen LogP contribution in [0.5, 0.6) is 0 Å². The molecule has 0 atom stereocenters. The maximum atomic E-state index is 13.9. The van der Waals surface area contributed by atoms with E-state index in [1.165, 1.54) is 17.0 Å². The molecule has 0 radical (unpaired) electrons. The van der Waals surface area contributed by atoms with E-state index in [1.54, 1.807) is 26.8 Å². The minimum absolute atomic E-state index is 0.0447. The van der Waals surface area contributed by atoms with Crippen LogP contribution in [-0.4, -0.2) is 35.0 Å². The fourth-order valence-electron chi connectivity index (χ4n) is 2.79. The van der Waals surface area contributed by atoms with E-state index in [0.717, 1.165) is 0 Å². The molecule has 1 aromatic carbocycles. The Labute approximate surface area is 177 Å². The summed E-state index contributed by atoms with van der Waals surface area (Å²) < 4.78 is 19.3. The Bertz CT molecular complexity index is 920. The van der Waals surface area contributed by atoms with Crippen molar-refractivity contribution in [3.05, 3.63) is 44.8 Å². The van der Waals surface area contributed by atoms with Crippen molar-refractivity contribution in [3.8, 4) is 0 Å². The van der Waals surface area contributed by atoms with E-state index in [2.05, 4.69) is 10.2 Å². The van der Waals surface area contributed by atoms with Crippen LogP contribution >= 0.6 is 34.8 Å². The zero-order valence-electron chi connectivity index (χ0n) is 15.5. The van der Waals surface area contributed by atoms with Gasteiger partial charge in [-0.05, 0) is 32.9 Å². The number of nitrogens with zero attached hydrogens (tertiary/aromatic N) is 4. The molecule has 0 fully saturated rings. The first-order valence-corrected chi connectivity index (χ1v) is 9.61. The average Bonchev–Trinajstić information content (AvgIpc) is 2.60. The van der Waals surface area contributed by atoms with Crippen molar-refractivity contribution in [1.82, 2.24) is 10.2 Å². The molecule has 1 amide bonds. The molecule has 0 saturated heterocycles. The van der Waals surface area contributed by atoms with Gasteiger partial charge in [0.2, 0.25) is 0 Å². The third-order valence-electron chi connectivity index (χ3n) is 4.02. The second kappa shape index (κ2) is 7.89. The third-order valence-corrected chi connectivity index (χ3v) is 4.96. The second-order valence-electron chi connectivity index (χ2n) is 7.25. The molecule has 2 heterocycles. The van der Waals surface area contributed by atoms with Crippen LogP contribution in [0.1, 0.15) is 26.3 Å². The number of benzene rings is 1. The van der Waals surface area contributed by atoms with Crippen LogP contribution in [0.4, 0.5) is 20.7 Å². The summed E-state index contributed by atoms with van der Waals surface area (Å²) in [5, 5.41) is 8.36. The molecular weight excluding hydrogens is 430 g/mol. The van der Waals surface area contributed by atoms with E-state index in [1.807, 2.05) is 4.90 Å². The molecule has 0 aliphatic carbocycles. The first-order chi connectivity index (χ1) is 13.1. The highest BCUT2D eigenvalue weighted by Gasteiger charge is 2.32. The maximum absolute atomic E-state index is 13.9. The predicted molar refractivity (Wildman–Crippen MR) is 108 cm³/mol. The zero-order chi connectivity index (χ0) is 20.6. The highest BCUT2D eigenvalue weighted by molar-refractivity contribution is 6.36. The number of rotatable bonds is 2. The maximum Gasteiger partial charge on any atom is 0.416 e. The minimum Gasteiger partial charge on any atom is -0.443 e. The van der Waals surface area contributed by atoms with Crippen molar-refractivity contribution in [2.75, 3.05) is 22.9 Å². The summed E-state index contributed by atoms with van der Waals surface area (Å²) in [5.74, 6) is -0.256. The van der Waals surface area contributed by atoms with Crippen LogP contribution in [-0.2, 0) is 11.3 Å². The number of hydrogen-bond acceptors (Lipinski definition) is 5. The Morgan fingerprint density at radius 2 is 1.93 bits per heavy atom. The van der Waals surface area contributed by atoms with E-state index < -0.39 is 17.5 Å². The fraction of sp³-hybridized carbons (Fsp3) is 0.389. The monoisotopic (exact) mass is 446 g/mol. The number of carbonyl (C=O) groups is 1. The first-order valence-electron chi connectivity index (χ1n) is 8.48. The number of amides is 1. The largest absolute Gasteiger partial charge is 0.443 e. The number of ether oxygens (including phenoxy) is 1. The number of fused-ring (bicyclic) bond motifs is 1. The SMILES string of the molecule is CC(C)(C)OC(=O)N1CCN(Cc2c(Cl)ccc(F)c2Cl)c2cc(Cl)nnc21. The Morgan fingerprint density at radius 3 is 2.61 bits per heavy atom. The van der Waals surface area contributed by atoms with Crippen LogP contribution in [0.2, 0.25) is 15.2 Å². The van der Waals surface area contributed by atoms with Crippen molar-refractivity contribution in [3.63, 3.8) is 0 Å². The van der Waals surface area contributed by atoms with E-state index in [-0.39, 0.29) is 16.7 Å². The Hall–Kier alpha value is -1.83. The van der Waals surface area contributed by atoms with Gasteiger partial charge in [0.1, 0.15) is 11.4 Å². The number of anilines is 2. The van der Waals surface area contributed by atoms with Gasteiger partial charge in [0.25, 0.3) is 0 Å². The molecule has 0 unspecified atom stereocenters. The lowest BCUT2D eigenvalue weighted by molar-refractivity contribution is 0.0578. The molecule has 1 aliphatic heterocycles. The summed E-state index contributed by atoms with van der Waals surface area (Å²) in [6, 6.07) is 4.25. The van der Waals surface area contributed by atoms with Crippen LogP contribution in [0.15, 0.2) is 18.2 Å². The van der Waals surface area contributed by atoms with E-state index in [0.29, 0.717) is 35.2 Å². The molecular formula is C18H18Cl3FN4O2. The molecule has 6 nitrogen and oxygen atoms in total. The molecule has 1 aromatic heterocycles. The topological polar surface area (TPSA) is 58.6 Å². The normalized spacial score (nSPS) is 14.1. The first kappa shape index (κ1) is 20.9. The summed E-state index contributed by atoms with van der Waals surface area (Å²) in [6.45, 7) is 6.27. The zero-order valence-corrected chi connectivity index (χ0v) is 17.7. The average molecular weight is 448 g/mol. The second-order valence-corrected chi connectivity index (χ2v) is 8.42. The van der Waals surface area contributed by atoms with Gasteiger partial charge in [0.15, 0.2) is 11.0 Å². The fourth-order valence-corrected chi connectivity index (χ4v) is 3.42. The molecule has 2 aromatic rings. The van der Waals surface area contributed by atoms with Gasteiger partial charge in [0, 0.05) is 36.3 Å². The van der Waals surface area contributed by atoms with E-state index in [9.17, 15) is 9.18 Å². The Morgan fingerprint density at radius 1 is 1.21 bits per heavy atom. The van der Waals surface area contributed by atoms with Gasteiger partial charge >= 0.3 is 6.09 Å². The van der Waals surface area contributed by atoms with Crippen LogP contribution in [0.25, 0.3) is 0 Å². The van der Waals surface area contributed by atoms with Crippen LogP contribution < -0.4 is 9.80 Å². The molecule has 0 saturated carbocycles. The van der Waals surface area contributed by atoms with E-state index >= 15 is 0 Å². The van der Waals surface area contributed by atoms with Gasteiger partial charge in [-0.3, -0.25) is 4.90 Å². The summed E-state index contributed by atoms with van der Waals surface area (Å²) in [7, 11) is 0. The number of aromatic nitrogens is 2. The quantitative estimate of drug-likeness (QED) is 0.582. The summed E-state index contributed by atoms with van der Waals surface area (Å²) in [6.07, 6.45) is -0.535. The van der Waals surface area contributed by atoms with Crippen molar-refractivity contribution >= 4 is 52.4 Å². The van der Waals surface area contributed by atoms with Gasteiger partial charge in [0.05, 0.1) is 10.7 Å². The summed E-state index contributed by atoms with van der Waals surface area (Å²) in [5.41, 5.74) is 0.332. The summed E-state index contributed by atoms with van der Waals surface area (Å²) in [4.78, 5) is 15.8. The van der Waals surface area contributed by atoms with E-state index in [4.69, 9.17) is 39.5 Å². The number of hydrogen-bond donors (Lipinski definition) is 0. The van der Waals surface area contributed by atoms with Gasteiger partial charge in [-0.2, -0.15) is 0 Å². The van der Waals surface area contributed by atoms with Gasteiger partial charge in [-0.1, -0.05) is 34.8 Å². The third kappa shape index (κ3) is 4.42. The highest BCUT2D eigenvalue weighted by Crippen LogP contribution is 2.36. The lowest BCUT2D eigenvalue weighted by Gasteiger charge is -2.37. The molecule has 10 heteroatoms. The molecule has 0 spiro atoms. The van der Waals surface area contributed by atoms with Crippen molar-refractivity contribution in [2.45, 2.75) is 32.9 Å². The number of halogens is 4. The highest BCUT2D eigenvalue weighted by atomic mass is 35.5. The molecule has 1 aliphatic rings. The lowest BCUT2D eigenvalue weighted by atomic mass is 10.1. The van der Waals surface area contributed by atoms with Crippen molar-refractivity contribution < 1.29 is 13.9 Å². The Kier molecular flexibility index (Phi) is 5.89. The summed E-state index contributed by atoms with van der Waals surface area (Å²) >= 11 is 18.3. The van der Waals surface area contributed by atoms with Crippen LogP contribution in [0.3, 0.4) is 0 Å². The van der Waals surface area contributed by atoms with Gasteiger partial charge in [-0.25, -0.2) is 9.18 Å². The van der Waals surface area contributed by atoms with Crippen molar-refractivity contribution in [2.24, 2.45) is 0 Å². The van der Waals surface area contributed by atoms with Gasteiger partial charge < -0.3 is 9.64 Å². The molecule has 0 bridgehead atoms. The minimum atomic E-state index is -0.656. The standard InChI is InChI=1S/C18H18Cl3FN4O2/c1-18(2,3)28-17(27)26-7-6-25(13-8-14(20)23-24-16(13)26)9-10-11(19)4-5-12(22)15(10)21/h4-5,8H,6-7,9H2,1-3H3. The predicted octanol–water partition coefficient (Wildman–Crippen LogP) is 5.34. The molecule has 28 heavy (non-hydrogen) atoms. The number of carbonyl (C=O) groups excluding carboxylic acids is 1. The molecule has 150 valence electrons. The van der Waals surface area contributed by atoms with Gasteiger partial charge in [-0.15, -0.1) is 10.2 Å². The lowest BCUT2D eigenvalue weighted by Crippen LogP contribution is -2.46. The van der Waals surface area contributed by atoms with Crippen molar-refractivity contribution in [1.29, 1.82) is 0 Å². The molecule has 3 rings (SSSR count). The van der Waals surface area contributed by atoms with Crippen LogP contribution in [0, 0.1) is 5.82 Å². The Balaban J connectivity index is 1.96. The molecule has 0 N–H and O–H groups in total. The smallest absolute Gasteiger partial charge is 0.416 e.